The second kappa shape index (κ2) is 10.3. The molecule has 4 N–H and O–H groups in total. The number of hydroxylamine groups is 1. The minimum absolute atomic E-state index is 0.123. The van der Waals surface area contributed by atoms with Gasteiger partial charge in [-0.15, -0.1) is 5.10 Å². The first-order valence-electron chi connectivity index (χ1n) is 9.06. The number of carbonyl (C=O) groups excluding carboxylic acids is 2. The summed E-state index contributed by atoms with van der Waals surface area (Å²) in [5, 5.41) is 22.1. The number of benzene rings is 1. The number of rotatable bonds is 9. The van der Waals surface area contributed by atoms with Crippen molar-refractivity contribution in [1.82, 2.24) is 31.1 Å². The van der Waals surface area contributed by atoms with Crippen LogP contribution in [-0.2, 0) is 11.3 Å². The average molecular weight is 390 g/mol. The molecule has 28 heavy (non-hydrogen) atoms. The highest BCUT2D eigenvalue weighted by atomic mass is 16.5. The van der Waals surface area contributed by atoms with Crippen LogP contribution in [0.25, 0.3) is 5.69 Å². The Kier molecular flexibility index (Phi) is 7.76. The highest BCUT2D eigenvalue weighted by Crippen LogP contribution is 2.21. The zero-order valence-electron chi connectivity index (χ0n) is 16.2. The molecule has 0 aliphatic rings. The summed E-state index contributed by atoms with van der Waals surface area (Å²) in [6.45, 7) is 6.37. The molecular weight excluding hydrogens is 364 g/mol. The van der Waals surface area contributed by atoms with E-state index in [1.54, 1.807) is 16.4 Å². The van der Waals surface area contributed by atoms with Crippen molar-refractivity contribution in [3.8, 4) is 11.4 Å². The van der Waals surface area contributed by atoms with Crippen LogP contribution in [0.4, 0.5) is 4.79 Å². The summed E-state index contributed by atoms with van der Waals surface area (Å²) in [5.74, 6) is 0.175. The van der Waals surface area contributed by atoms with Crippen LogP contribution in [0.1, 0.15) is 32.9 Å². The molecule has 1 heterocycles. The van der Waals surface area contributed by atoms with E-state index in [1.807, 2.05) is 45.0 Å². The maximum Gasteiger partial charge on any atom is 0.315 e. The number of hydrogen-bond donors (Lipinski definition) is 4. The van der Waals surface area contributed by atoms with Crippen LogP contribution in [-0.4, -0.2) is 44.8 Å². The van der Waals surface area contributed by atoms with Gasteiger partial charge in [-0.3, -0.25) is 10.0 Å². The van der Waals surface area contributed by atoms with Gasteiger partial charge in [0.1, 0.15) is 23.2 Å². The number of urea groups is 1. The third-order valence-corrected chi connectivity index (χ3v) is 3.82. The quantitative estimate of drug-likeness (QED) is 0.378. The van der Waals surface area contributed by atoms with E-state index in [4.69, 9.17) is 9.94 Å². The molecule has 0 saturated heterocycles. The molecule has 3 amide bonds. The van der Waals surface area contributed by atoms with Crippen LogP contribution >= 0.6 is 0 Å². The van der Waals surface area contributed by atoms with E-state index in [1.165, 1.54) is 0 Å². The zero-order valence-corrected chi connectivity index (χ0v) is 16.2. The third kappa shape index (κ3) is 5.95. The first-order valence-corrected chi connectivity index (χ1v) is 9.06. The largest absolute Gasteiger partial charge is 0.492 e. The van der Waals surface area contributed by atoms with Gasteiger partial charge in [0.05, 0.1) is 19.3 Å². The first kappa shape index (κ1) is 21.2. The topological polar surface area (TPSA) is 130 Å². The second-order valence-electron chi connectivity index (χ2n) is 6.54. The summed E-state index contributed by atoms with van der Waals surface area (Å²) in [6, 6.07) is 6.05. The van der Waals surface area contributed by atoms with Gasteiger partial charge in [-0.05, 0) is 31.4 Å². The van der Waals surface area contributed by atoms with Crippen LogP contribution in [0.3, 0.4) is 0 Å². The van der Waals surface area contributed by atoms with Crippen molar-refractivity contribution >= 4 is 11.9 Å². The lowest BCUT2D eigenvalue weighted by Gasteiger charge is -2.18. The monoisotopic (exact) mass is 390 g/mol. The Hall–Kier alpha value is -3.14. The minimum Gasteiger partial charge on any atom is -0.492 e. The van der Waals surface area contributed by atoms with E-state index in [0.717, 1.165) is 5.69 Å². The van der Waals surface area contributed by atoms with E-state index in [2.05, 4.69) is 20.9 Å². The van der Waals surface area contributed by atoms with Crippen LogP contribution < -0.4 is 20.9 Å². The van der Waals surface area contributed by atoms with Gasteiger partial charge in [0, 0.05) is 0 Å². The SMILES string of the molecule is CCOc1ccccc1-n1cc(CNC(=O)N[C@@H](CC(C)C)C(=O)NO)nn1. The van der Waals surface area contributed by atoms with E-state index in [9.17, 15) is 9.59 Å². The maximum atomic E-state index is 12.1. The van der Waals surface area contributed by atoms with Crippen molar-refractivity contribution in [3.63, 3.8) is 0 Å². The molecule has 2 aromatic rings. The number of amides is 3. The van der Waals surface area contributed by atoms with E-state index in [-0.39, 0.29) is 12.5 Å². The molecule has 1 atom stereocenters. The lowest BCUT2D eigenvalue weighted by atomic mass is 10.0. The van der Waals surface area contributed by atoms with Crippen LogP contribution in [0.15, 0.2) is 30.5 Å². The van der Waals surface area contributed by atoms with E-state index < -0.39 is 18.0 Å². The number of carbonyl (C=O) groups is 2. The van der Waals surface area contributed by atoms with Crippen molar-refractivity contribution in [2.75, 3.05) is 6.61 Å². The Morgan fingerprint density at radius 2 is 2.04 bits per heavy atom. The lowest BCUT2D eigenvalue weighted by molar-refractivity contribution is -0.131. The fourth-order valence-electron chi connectivity index (χ4n) is 2.58. The number of nitrogens with zero attached hydrogens (tertiary/aromatic N) is 3. The van der Waals surface area contributed by atoms with Gasteiger partial charge in [-0.1, -0.05) is 31.2 Å². The van der Waals surface area contributed by atoms with Crippen LogP contribution in [0.5, 0.6) is 5.75 Å². The number of para-hydroxylation sites is 2. The highest BCUT2D eigenvalue weighted by molar-refractivity contribution is 5.86. The van der Waals surface area contributed by atoms with Crippen molar-refractivity contribution < 1.29 is 19.5 Å². The standard InChI is InChI=1S/C18H26N6O4/c1-4-28-16-8-6-5-7-15(16)24-11-13(21-23-24)10-19-18(26)20-14(9-12(2)3)17(25)22-27/h5-8,11-12,14,27H,4,9-10H2,1-3H3,(H,22,25)(H2,19,20,26)/t14-/m0/s1. The molecule has 0 spiro atoms. The molecule has 0 bridgehead atoms. The van der Waals surface area contributed by atoms with Crippen molar-refractivity contribution in [1.29, 1.82) is 0 Å². The Morgan fingerprint density at radius 3 is 2.71 bits per heavy atom. The summed E-state index contributed by atoms with van der Waals surface area (Å²) in [5.41, 5.74) is 2.84. The molecule has 0 fully saturated rings. The van der Waals surface area contributed by atoms with Crippen LogP contribution in [0.2, 0.25) is 0 Å². The summed E-state index contributed by atoms with van der Waals surface area (Å²) in [7, 11) is 0. The summed E-state index contributed by atoms with van der Waals surface area (Å²) in [4.78, 5) is 23.7. The Balaban J connectivity index is 1.97. The van der Waals surface area contributed by atoms with Gasteiger partial charge in [0.25, 0.3) is 5.91 Å². The minimum atomic E-state index is -0.834. The van der Waals surface area contributed by atoms with Crippen molar-refractivity contribution in [2.24, 2.45) is 5.92 Å². The normalized spacial score (nSPS) is 11.8. The Labute approximate surface area is 163 Å². The molecule has 152 valence electrons. The Bertz CT molecular complexity index is 792. The van der Waals surface area contributed by atoms with Crippen molar-refractivity contribution in [3.05, 3.63) is 36.2 Å². The van der Waals surface area contributed by atoms with Crippen molar-refractivity contribution in [2.45, 2.75) is 39.8 Å². The van der Waals surface area contributed by atoms with Gasteiger partial charge >= 0.3 is 6.03 Å². The molecule has 0 aliphatic carbocycles. The predicted molar refractivity (Wildman–Crippen MR) is 101 cm³/mol. The fourth-order valence-corrected chi connectivity index (χ4v) is 2.58. The summed E-state index contributed by atoms with van der Waals surface area (Å²) < 4.78 is 7.15. The molecule has 10 nitrogen and oxygen atoms in total. The van der Waals surface area contributed by atoms with E-state index >= 15 is 0 Å². The molecule has 0 saturated carbocycles. The van der Waals surface area contributed by atoms with Gasteiger partial charge in [-0.2, -0.15) is 0 Å². The highest BCUT2D eigenvalue weighted by Gasteiger charge is 2.21. The average Bonchev–Trinajstić information content (AvgIpc) is 3.14. The lowest BCUT2D eigenvalue weighted by Crippen LogP contribution is -2.49. The van der Waals surface area contributed by atoms with Gasteiger partial charge < -0.3 is 15.4 Å². The predicted octanol–water partition coefficient (Wildman–Crippen LogP) is 1.39. The third-order valence-electron chi connectivity index (χ3n) is 3.82. The molecule has 10 heteroatoms. The molecule has 1 aromatic heterocycles. The number of hydrogen-bond acceptors (Lipinski definition) is 6. The van der Waals surface area contributed by atoms with Gasteiger partial charge in [-0.25, -0.2) is 15.0 Å². The molecule has 1 aromatic carbocycles. The zero-order chi connectivity index (χ0) is 20.5. The number of aromatic nitrogens is 3. The number of ether oxygens (including phenoxy) is 1. The molecular formula is C18H26N6O4. The van der Waals surface area contributed by atoms with E-state index in [0.29, 0.717) is 24.5 Å². The molecule has 0 radical (unpaired) electrons. The maximum absolute atomic E-state index is 12.1. The summed E-state index contributed by atoms with van der Waals surface area (Å²) >= 11 is 0. The van der Waals surface area contributed by atoms with Gasteiger partial charge in [0.15, 0.2) is 0 Å². The molecule has 0 aliphatic heterocycles. The summed E-state index contributed by atoms with van der Waals surface area (Å²) in [6.07, 6.45) is 2.08. The molecule has 2 rings (SSSR count). The smallest absolute Gasteiger partial charge is 0.315 e. The van der Waals surface area contributed by atoms with Crippen LogP contribution in [0, 0.1) is 5.92 Å². The Morgan fingerprint density at radius 1 is 1.29 bits per heavy atom. The van der Waals surface area contributed by atoms with Gasteiger partial charge in [0.2, 0.25) is 0 Å². The number of nitrogens with one attached hydrogen (secondary N) is 3. The fraction of sp³-hybridized carbons (Fsp3) is 0.444. The first-order chi connectivity index (χ1) is 13.4. The second-order valence-corrected chi connectivity index (χ2v) is 6.54. The molecule has 0 unspecified atom stereocenters.